The summed E-state index contributed by atoms with van der Waals surface area (Å²) in [6.07, 6.45) is 4.54. The first kappa shape index (κ1) is 21.9. The molecule has 0 saturated carbocycles. The topological polar surface area (TPSA) is 69.7 Å². The van der Waals surface area contributed by atoms with E-state index in [0.717, 1.165) is 30.5 Å². The number of benzene rings is 1. The van der Waals surface area contributed by atoms with Crippen molar-refractivity contribution in [1.29, 1.82) is 0 Å². The van der Waals surface area contributed by atoms with E-state index < -0.39 is 10.0 Å². The van der Waals surface area contributed by atoms with Crippen LogP contribution in [-0.4, -0.2) is 62.8 Å². The van der Waals surface area contributed by atoms with Crippen molar-refractivity contribution in [1.82, 2.24) is 14.5 Å². The third kappa shape index (κ3) is 6.30. The molecule has 0 aromatic heterocycles. The second-order valence-corrected chi connectivity index (χ2v) is 9.27. The number of nitrogens with one attached hydrogen (secondary N) is 1. The molecule has 1 aromatic carbocycles. The standard InChI is InChI=1S/C20H33N3O3S/c1-4-5-6-7-10-21-20(24)16-22-11-13-23(14-12-22)27(25,26)19-15-17(2)8-9-18(19)3/h8-9,15H,4-7,10-14,16H2,1-3H3,(H,21,24). The normalized spacial score (nSPS) is 16.4. The molecule has 2 rings (SSSR count). The molecule has 0 radical (unpaired) electrons. The van der Waals surface area contributed by atoms with Gasteiger partial charge in [-0.15, -0.1) is 0 Å². The van der Waals surface area contributed by atoms with Crippen LogP contribution in [-0.2, 0) is 14.8 Å². The first-order chi connectivity index (χ1) is 12.8. The first-order valence-electron chi connectivity index (χ1n) is 9.91. The van der Waals surface area contributed by atoms with Gasteiger partial charge in [-0.1, -0.05) is 38.3 Å². The Kier molecular flexibility index (Phi) is 8.26. The molecule has 1 amide bonds. The number of amides is 1. The van der Waals surface area contributed by atoms with Gasteiger partial charge in [0.1, 0.15) is 0 Å². The Morgan fingerprint density at radius 1 is 1.07 bits per heavy atom. The van der Waals surface area contributed by atoms with Crippen LogP contribution in [0.5, 0.6) is 0 Å². The zero-order valence-electron chi connectivity index (χ0n) is 16.8. The maximum Gasteiger partial charge on any atom is 0.243 e. The molecule has 27 heavy (non-hydrogen) atoms. The molecule has 1 heterocycles. The molecule has 0 bridgehead atoms. The molecule has 1 saturated heterocycles. The number of aryl methyl sites for hydroxylation is 2. The number of sulfonamides is 1. The smallest absolute Gasteiger partial charge is 0.243 e. The number of rotatable bonds is 9. The number of hydrogen-bond donors (Lipinski definition) is 1. The quantitative estimate of drug-likeness (QED) is 0.652. The molecule has 1 N–H and O–H groups in total. The highest BCUT2D eigenvalue weighted by molar-refractivity contribution is 7.89. The Bertz CT molecular complexity index is 726. The van der Waals surface area contributed by atoms with E-state index in [-0.39, 0.29) is 5.91 Å². The molecule has 1 fully saturated rings. The van der Waals surface area contributed by atoms with E-state index in [9.17, 15) is 13.2 Å². The molecule has 1 aliphatic heterocycles. The van der Waals surface area contributed by atoms with Crippen molar-refractivity contribution in [2.75, 3.05) is 39.3 Å². The Labute approximate surface area is 164 Å². The van der Waals surface area contributed by atoms with E-state index in [4.69, 9.17) is 0 Å². The SMILES string of the molecule is CCCCCCNC(=O)CN1CCN(S(=O)(=O)c2cc(C)ccc2C)CC1. The average Bonchev–Trinajstić information content (AvgIpc) is 2.64. The summed E-state index contributed by atoms with van der Waals surface area (Å²) >= 11 is 0. The molecule has 0 atom stereocenters. The molecule has 152 valence electrons. The van der Waals surface area contributed by atoms with Crippen molar-refractivity contribution in [2.45, 2.75) is 51.3 Å². The lowest BCUT2D eigenvalue weighted by atomic mass is 10.2. The molecule has 0 spiro atoms. The fourth-order valence-electron chi connectivity index (χ4n) is 3.29. The first-order valence-corrected chi connectivity index (χ1v) is 11.3. The predicted octanol–water partition coefficient (Wildman–Crippen LogP) is 2.31. The summed E-state index contributed by atoms with van der Waals surface area (Å²) in [6.45, 7) is 8.94. The molecule has 6 nitrogen and oxygen atoms in total. The minimum Gasteiger partial charge on any atom is -0.355 e. The third-order valence-corrected chi connectivity index (χ3v) is 7.05. The van der Waals surface area contributed by atoms with Crippen LogP contribution in [0.2, 0.25) is 0 Å². The molecule has 0 aliphatic carbocycles. The van der Waals surface area contributed by atoms with Crippen LogP contribution in [0.3, 0.4) is 0 Å². The Balaban J connectivity index is 1.82. The van der Waals surface area contributed by atoms with E-state index in [1.54, 1.807) is 6.07 Å². The summed E-state index contributed by atoms with van der Waals surface area (Å²) in [5, 5.41) is 2.96. The van der Waals surface area contributed by atoms with Crippen LogP contribution in [0.1, 0.15) is 43.7 Å². The zero-order valence-corrected chi connectivity index (χ0v) is 17.6. The van der Waals surface area contributed by atoms with Crippen LogP contribution < -0.4 is 5.32 Å². The minimum atomic E-state index is -3.48. The summed E-state index contributed by atoms with van der Waals surface area (Å²) in [5.74, 6) is 0.0253. The molecule has 1 aromatic rings. The molecular weight excluding hydrogens is 362 g/mol. The van der Waals surface area contributed by atoms with E-state index in [1.165, 1.54) is 17.1 Å². The van der Waals surface area contributed by atoms with Gasteiger partial charge in [-0.2, -0.15) is 4.31 Å². The lowest BCUT2D eigenvalue weighted by Gasteiger charge is -2.33. The van der Waals surface area contributed by atoms with Gasteiger partial charge in [-0.3, -0.25) is 9.69 Å². The van der Waals surface area contributed by atoms with Crippen LogP contribution in [0, 0.1) is 13.8 Å². The number of piperazine rings is 1. The van der Waals surface area contributed by atoms with E-state index in [2.05, 4.69) is 12.2 Å². The van der Waals surface area contributed by atoms with Crippen molar-refractivity contribution in [3.63, 3.8) is 0 Å². The van der Waals surface area contributed by atoms with Gasteiger partial charge >= 0.3 is 0 Å². The maximum absolute atomic E-state index is 12.9. The van der Waals surface area contributed by atoms with E-state index >= 15 is 0 Å². The van der Waals surface area contributed by atoms with Crippen LogP contribution in [0.15, 0.2) is 23.1 Å². The number of carbonyl (C=O) groups excluding carboxylic acids is 1. The van der Waals surface area contributed by atoms with Crippen molar-refractivity contribution in [3.8, 4) is 0 Å². The van der Waals surface area contributed by atoms with Gasteiger partial charge < -0.3 is 5.32 Å². The van der Waals surface area contributed by atoms with Gasteiger partial charge in [0.05, 0.1) is 11.4 Å². The Hall–Kier alpha value is -1.44. The van der Waals surface area contributed by atoms with Crippen molar-refractivity contribution in [2.24, 2.45) is 0 Å². The molecule has 7 heteroatoms. The van der Waals surface area contributed by atoms with Gasteiger partial charge in [0.2, 0.25) is 15.9 Å². The van der Waals surface area contributed by atoms with Crippen molar-refractivity contribution >= 4 is 15.9 Å². The van der Waals surface area contributed by atoms with Gasteiger partial charge in [-0.25, -0.2) is 8.42 Å². The number of carbonyl (C=O) groups is 1. The predicted molar refractivity (Wildman–Crippen MR) is 108 cm³/mol. The lowest BCUT2D eigenvalue weighted by molar-refractivity contribution is -0.122. The maximum atomic E-state index is 12.9. The van der Waals surface area contributed by atoms with Gasteiger partial charge in [-0.05, 0) is 37.5 Å². The van der Waals surface area contributed by atoms with Crippen molar-refractivity contribution < 1.29 is 13.2 Å². The average molecular weight is 396 g/mol. The van der Waals surface area contributed by atoms with Gasteiger partial charge in [0.15, 0.2) is 0 Å². The second kappa shape index (κ2) is 10.2. The highest BCUT2D eigenvalue weighted by Crippen LogP contribution is 2.22. The zero-order chi connectivity index (χ0) is 19.9. The summed E-state index contributed by atoms with van der Waals surface area (Å²) in [6, 6.07) is 5.51. The van der Waals surface area contributed by atoms with E-state index in [0.29, 0.717) is 37.6 Å². The summed E-state index contributed by atoms with van der Waals surface area (Å²) in [7, 11) is -3.48. The Morgan fingerprint density at radius 2 is 1.78 bits per heavy atom. The number of unbranched alkanes of at least 4 members (excludes halogenated alkanes) is 3. The number of nitrogens with zero attached hydrogens (tertiary/aromatic N) is 2. The van der Waals surface area contributed by atoms with E-state index in [1.807, 2.05) is 30.9 Å². The Morgan fingerprint density at radius 3 is 2.44 bits per heavy atom. The fraction of sp³-hybridized carbons (Fsp3) is 0.650. The fourth-order valence-corrected chi connectivity index (χ4v) is 5.02. The number of hydrogen-bond acceptors (Lipinski definition) is 4. The van der Waals surface area contributed by atoms with Crippen molar-refractivity contribution in [3.05, 3.63) is 29.3 Å². The molecule has 0 unspecified atom stereocenters. The van der Waals surface area contributed by atoms with Crippen LogP contribution in [0.4, 0.5) is 0 Å². The lowest BCUT2D eigenvalue weighted by Crippen LogP contribution is -2.51. The molecular formula is C20H33N3O3S. The largest absolute Gasteiger partial charge is 0.355 e. The van der Waals surface area contributed by atoms with Gasteiger partial charge in [0.25, 0.3) is 0 Å². The highest BCUT2D eigenvalue weighted by atomic mass is 32.2. The summed E-state index contributed by atoms with van der Waals surface area (Å²) < 4.78 is 27.4. The van der Waals surface area contributed by atoms with Crippen LogP contribution in [0.25, 0.3) is 0 Å². The highest BCUT2D eigenvalue weighted by Gasteiger charge is 2.30. The molecule has 1 aliphatic rings. The third-order valence-electron chi connectivity index (χ3n) is 5.01. The van der Waals surface area contributed by atoms with Crippen LogP contribution >= 0.6 is 0 Å². The summed E-state index contributed by atoms with van der Waals surface area (Å²) in [5.41, 5.74) is 1.71. The second-order valence-electron chi connectivity index (χ2n) is 7.36. The van der Waals surface area contributed by atoms with Gasteiger partial charge in [0, 0.05) is 32.7 Å². The minimum absolute atomic E-state index is 0.0253. The monoisotopic (exact) mass is 395 g/mol. The summed E-state index contributed by atoms with van der Waals surface area (Å²) in [4.78, 5) is 14.5.